The van der Waals surface area contributed by atoms with Gasteiger partial charge in [0.05, 0.1) is 0 Å². The van der Waals surface area contributed by atoms with Gasteiger partial charge in [-0.15, -0.1) is 18.0 Å². The summed E-state index contributed by atoms with van der Waals surface area (Å²) in [7, 11) is -4.50. The summed E-state index contributed by atoms with van der Waals surface area (Å²) in [5, 5.41) is 0. The zero-order valence-electron chi connectivity index (χ0n) is 11.7. The highest BCUT2D eigenvalue weighted by Gasteiger charge is 2.34. The third kappa shape index (κ3) is 4.67. The van der Waals surface area contributed by atoms with Gasteiger partial charge in [-0.25, -0.2) is 8.42 Å². The van der Waals surface area contributed by atoms with Crippen LogP contribution >= 0.6 is 0 Å². The van der Waals surface area contributed by atoms with E-state index in [1.807, 2.05) is 5.43 Å². The Morgan fingerprint density at radius 1 is 1.08 bits per heavy atom. The minimum Gasteiger partial charge on any atom is -0.404 e. The number of carbonyl (C=O) groups is 1. The Hall–Kier alpha value is -2.66. The minimum absolute atomic E-state index is 0.0833. The normalized spacial score (nSPS) is 11.8. The van der Waals surface area contributed by atoms with Crippen LogP contribution in [0.3, 0.4) is 0 Å². The van der Waals surface area contributed by atoms with E-state index in [0.29, 0.717) is 0 Å². The lowest BCUT2D eigenvalue weighted by Gasteiger charge is -2.14. The van der Waals surface area contributed by atoms with E-state index in [1.54, 1.807) is 10.9 Å². The molecule has 0 aliphatic carbocycles. The Morgan fingerprint density at radius 3 is 2.38 bits per heavy atom. The SMILES string of the molecule is O=C(NNS(=O)(=O)c1ccccc1OC(F)(F)F)c1ccccn1. The lowest BCUT2D eigenvalue weighted by molar-refractivity contribution is -0.275. The summed E-state index contributed by atoms with van der Waals surface area (Å²) in [6.07, 6.45) is -3.75. The molecule has 2 aromatic rings. The molecule has 1 heterocycles. The summed E-state index contributed by atoms with van der Waals surface area (Å²) in [6, 6.07) is 8.49. The molecule has 0 atom stereocenters. The van der Waals surface area contributed by atoms with Gasteiger partial charge < -0.3 is 4.74 Å². The molecular weight excluding hydrogens is 351 g/mol. The van der Waals surface area contributed by atoms with E-state index in [0.717, 1.165) is 12.1 Å². The van der Waals surface area contributed by atoms with Gasteiger partial charge in [0.15, 0.2) is 0 Å². The number of carbonyl (C=O) groups excluding carboxylic acids is 1. The van der Waals surface area contributed by atoms with Crippen molar-refractivity contribution in [3.05, 3.63) is 54.4 Å². The molecule has 1 aromatic carbocycles. The molecule has 0 aliphatic heterocycles. The molecule has 24 heavy (non-hydrogen) atoms. The monoisotopic (exact) mass is 361 g/mol. The second-order valence-electron chi connectivity index (χ2n) is 4.27. The lowest BCUT2D eigenvalue weighted by Crippen LogP contribution is -2.42. The van der Waals surface area contributed by atoms with Gasteiger partial charge in [-0.3, -0.25) is 15.2 Å². The van der Waals surface area contributed by atoms with Gasteiger partial charge in [0.25, 0.3) is 15.9 Å². The molecule has 2 rings (SSSR count). The third-order valence-electron chi connectivity index (χ3n) is 2.56. The summed E-state index contributed by atoms with van der Waals surface area (Å²) in [4.78, 5) is 16.3. The van der Waals surface area contributed by atoms with Gasteiger partial charge >= 0.3 is 6.36 Å². The molecule has 0 aliphatic rings. The molecule has 0 saturated carbocycles. The molecule has 0 saturated heterocycles. The van der Waals surface area contributed by atoms with Gasteiger partial charge in [0, 0.05) is 6.20 Å². The van der Waals surface area contributed by atoms with Crippen molar-refractivity contribution in [2.75, 3.05) is 0 Å². The van der Waals surface area contributed by atoms with Crippen molar-refractivity contribution in [1.29, 1.82) is 0 Å². The van der Waals surface area contributed by atoms with Crippen molar-refractivity contribution in [3.8, 4) is 5.75 Å². The number of ether oxygens (including phenoxy) is 1. The van der Waals surface area contributed by atoms with Gasteiger partial charge in [-0.1, -0.05) is 18.2 Å². The first-order valence-corrected chi connectivity index (χ1v) is 7.75. The van der Waals surface area contributed by atoms with Gasteiger partial charge in [0.2, 0.25) is 0 Å². The number of halogens is 3. The van der Waals surface area contributed by atoms with Crippen LogP contribution in [0.1, 0.15) is 10.5 Å². The van der Waals surface area contributed by atoms with Crippen molar-refractivity contribution in [1.82, 2.24) is 15.2 Å². The first-order chi connectivity index (χ1) is 11.2. The molecule has 2 N–H and O–H groups in total. The molecule has 7 nitrogen and oxygen atoms in total. The highest BCUT2D eigenvalue weighted by molar-refractivity contribution is 7.89. The Labute approximate surface area is 134 Å². The molecule has 128 valence electrons. The molecule has 0 radical (unpaired) electrons. The molecule has 11 heteroatoms. The highest BCUT2D eigenvalue weighted by Crippen LogP contribution is 2.28. The summed E-state index contributed by atoms with van der Waals surface area (Å²) in [6.45, 7) is 0. The van der Waals surface area contributed by atoms with Crippen LogP contribution < -0.4 is 15.0 Å². The third-order valence-corrected chi connectivity index (χ3v) is 3.85. The second-order valence-corrected chi connectivity index (χ2v) is 5.92. The smallest absolute Gasteiger partial charge is 0.404 e. The highest BCUT2D eigenvalue weighted by atomic mass is 32.2. The number of para-hydroxylation sites is 1. The number of benzene rings is 1. The fraction of sp³-hybridized carbons (Fsp3) is 0.0769. The van der Waals surface area contributed by atoms with Crippen molar-refractivity contribution in [2.45, 2.75) is 11.3 Å². The molecule has 0 unspecified atom stereocenters. The van der Waals surface area contributed by atoms with Crippen molar-refractivity contribution in [2.24, 2.45) is 0 Å². The zero-order valence-corrected chi connectivity index (χ0v) is 12.6. The summed E-state index contributed by atoms with van der Waals surface area (Å²) in [5.41, 5.74) is 1.77. The molecule has 1 aromatic heterocycles. The van der Waals surface area contributed by atoms with E-state index >= 15 is 0 Å². The maximum atomic E-state index is 12.3. The average molecular weight is 361 g/mol. The predicted octanol–water partition coefficient (Wildman–Crippen LogP) is 1.60. The van der Waals surface area contributed by atoms with Crippen LogP contribution in [0.2, 0.25) is 0 Å². The van der Waals surface area contributed by atoms with Crippen LogP contribution in [0.5, 0.6) is 5.75 Å². The first kappa shape index (κ1) is 17.7. The van der Waals surface area contributed by atoms with Crippen LogP contribution in [0.25, 0.3) is 0 Å². The number of pyridine rings is 1. The van der Waals surface area contributed by atoms with Crippen LogP contribution in [0.15, 0.2) is 53.6 Å². The summed E-state index contributed by atoms with van der Waals surface area (Å²) < 4.78 is 64.8. The zero-order chi connectivity index (χ0) is 17.8. The molecule has 1 amide bonds. The minimum atomic E-state index is -5.07. The quantitative estimate of drug-likeness (QED) is 0.789. The van der Waals surface area contributed by atoms with Crippen molar-refractivity contribution >= 4 is 15.9 Å². The number of nitrogens with one attached hydrogen (secondary N) is 2. The van der Waals surface area contributed by atoms with E-state index < -0.39 is 32.9 Å². The molecular formula is C13H10F3N3O4S. The lowest BCUT2D eigenvalue weighted by atomic mass is 10.3. The molecule has 0 bridgehead atoms. The van der Waals surface area contributed by atoms with Crippen LogP contribution in [-0.4, -0.2) is 25.7 Å². The maximum absolute atomic E-state index is 12.3. The first-order valence-electron chi connectivity index (χ1n) is 6.27. The van der Waals surface area contributed by atoms with Crippen LogP contribution in [0, 0.1) is 0 Å². The van der Waals surface area contributed by atoms with E-state index in [2.05, 4.69) is 9.72 Å². The number of hydrogen-bond donors (Lipinski definition) is 2. The number of nitrogens with zero attached hydrogens (tertiary/aromatic N) is 1. The van der Waals surface area contributed by atoms with E-state index in [9.17, 15) is 26.4 Å². The van der Waals surface area contributed by atoms with Crippen molar-refractivity contribution < 1.29 is 31.1 Å². The van der Waals surface area contributed by atoms with Gasteiger partial charge in [-0.05, 0) is 24.3 Å². The summed E-state index contributed by atoms with van der Waals surface area (Å²) >= 11 is 0. The Kier molecular flexibility index (Phi) is 5.04. The summed E-state index contributed by atoms with van der Waals surface area (Å²) in [5.74, 6) is -1.81. The Bertz CT molecular complexity index is 826. The topological polar surface area (TPSA) is 97.4 Å². The van der Waals surface area contributed by atoms with Crippen molar-refractivity contribution in [3.63, 3.8) is 0 Å². The number of amides is 1. The predicted molar refractivity (Wildman–Crippen MR) is 75.1 cm³/mol. The van der Waals surface area contributed by atoms with Crippen LogP contribution in [-0.2, 0) is 10.0 Å². The maximum Gasteiger partial charge on any atom is 0.573 e. The van der Waals surface area contributed by atoms with E-state index in [-0.39, 0.29) is 5.69 Å². The number of alkyl halides is 3. The number of sulfonamides is 1. The Balaban J connectivity index is 2.18. The average Bonchev–Trinajstić information content (AvgIpc) is 2.52. The molecule has 0 fully saturated rings. The van der Waals surface area contributed by atoms with E-state index in [1.165, 1.54) is 30.5 Å². The number of hydrogen-bond acceptors (Lipinski definition) is 5. The van der Waals surface area contributed by atoms with Gasteiger partial charge in [0.1, 0.15) is 16.3 Å². The fourth-order valence-corrected chi connectivity index (χ4v) is 2.58. The number of rotatable bonds is 5. The number of aromatic nitrogens is 1. The largest absolute Gasteiger partial charge is 0.573 e. The van der Waals surface area contributed by atoms with E-state index in [4.69, 9.17) is 0 Å². The van der Waals surface area contributed by atoms with Gasteiger partial charge in [-0.2, -0.15) is 0 Å². The fourth-order valence-electron chi connectivity index (χ4n) is 1.61. The second kappa shape index (κ2) is 6.84. The molecule has 0 spiro atoms. The van der Waals surface area contributed by atoms with Crippen LogP contribution in [0.4, 0.5) is 13.2 Å². The Morgan fingerprint density at radius 2 is 1.75 bits per heavy atom. The standard InChI is InChI=1S/C13H10F3N3O4S/c14-13(15,16)23-10-6-1-2-7-11(10)24(21,22)19-18-12(20)9-5-3-4-8-17-9/h1-8,19H,(H,18,20). The number of hydrazine groups is 1.